The highest BCUT2D eigenvalue weighted by Crippen LogP contribution is 2.09. The first-order valence-electron chi connectivity index (χ1n) is 4.44. The number of hydrogen-bond donors (Lipinski definition) is 1. The van der Waals surface area contributed by atoms with Crippen molar-refractivity contribution < 1.29 is 13.6 Å². The number of nitrogens with one attached hydrogen (secondary N) is 1. The van der Waals surface area contributed by atoms with Crippen LogP contribution in [0.15, 0.2) is 0 Å². The fraction of sp³-hybridized carbons (Fsp3) is 0.889. The summed E-state index contributed by atoms with van der Waals surface area (Å²) in [6, 6.07) is -1.43. The van der Waals surface area contributed by atoms with Crippen LogP contribution in [0.4, 0.5) is 8.78 Å². The molecule has 0 spiro atoms. The van der Waals surface area contributed by atoms with E-state index in [-0.39, 0.29) is 12.0 Å². The van der Waals surface area contributed by atoms with Crippen LogP contribution >= 0.6 is 0 Å². The van der Waals surface area contributed by atoms with Gasteiger partial charge >= 0.3 is 0 Å². The minimum Gasteiger partial charge on any atom is -0.300 e. The van der Waals surface area contributed by atoms with Crippen LogP contribution in [0.5, 0.6) is 0 Å². The summed E-state index contributed by atoms with van der Waals surface area (Å²) in [6.45, 7) is 6.73. The summed E-state index contributed by atoms with van der Waals surface area (Å²) < 4.78 is 24.8. The number of carbonyl (C=O) groups excluding carboxylic acids is 1. The Kier molecular flexibility index (Phi) is 5.06. The van der Waals surface area contributed by atoms with Crippen molar-refractivity contribution in [3.05, 3.63) is 0 Å². The smallest absolute Gasteiger partial charge is 0.260 e. The van der Waals surface area contributed by atoms with E-state index >= 15 is 0 Å². The Morgan fingerprint density at radius 1 is 1.15 bits per heavy atom. The maximum absolute atomic E-state index is 12.4. The third-order valence-electron chi connectivity index (χ3n) is 1.64. The second kappa shape index (κ2) is 5.27. The molecule has 0 aliphatic heterocycles. The van der Waals surface area contributed by atoms with Crippen molar-refractivity contribution in [3.63, 3.8) is 0 Å². The number of hydrogen-bond acceptors (Lipinski definition) is 2. The van der Waals surface area contributed by atoms with Crippen LogP contribution in [0.3, 0.4) is 0 Å². The van der Waals surface area contributed by atoms with Crippen molar-refractivity contribution in [3.8, 4) is 0 Å². The lowest BCUT2D eigenvalue weighted by Gasteiger charge is -2.20. The zero-order valence-electron chi connectivity index (χ0n) is 8.47. The fourth-order valence-corrected chi connectivity index (χ4v) is 0.997. The standard InChI is InChI=1S/C9H17F2NO/c1-5(2)8(13)7(9(10)11)12-6(3)4/h5-7,9,12H,1-4H3. The first-order chi connectivity index (χ1) is 5.86. The molecule has 0 aromatic heterocycles. The SMILES string of the molecule is CC(C)NC(C(=O)C(C)C)C(F)F. The molecule has 0 amide bonds. The molecule has 0 rings (SSSR count). The summed E-state index contributed by atoms with van der Waals surface area (Å²) >= 11 is 0. The normalized spacial score (nSPS) is 14.2. The lowest BCUT2D eigenvalue weighted by atomic mass is 10.0. The zero-order valence-corrected chi connectivity index (χ0v) is 8.47. The van der Waals surface area contributed by atoms with E-state index in [2.05, 4.69) is 5.32 Å². The minimum absolute atomic E-state index is 0.110. The summed E-state index contributed by atoms with van der Waals surface area (Å²) in [4.78, 5) is 11.3. The number of halogens is 2. The van der Waals surface area contributed by atoms with Crippen LogP contribution in [-0.2, 0) is 4.79 Å². The van der Waals surface area contributed by atoms with Gasteiger partial charge in [0.2, 0.25) is 0 Å². The topological polar surface area (TPSA) is 29.1 Å². The van der Waals surface area contributed by atoms with E-state index in [4.69, 9.17) is 0 Å². The molecule has 0 bridgehead atoms. The Balaban J connectivity index is 4.33. The summed E-state index contributed by atoms with van der Waals surface area (Å²) in [5, 5.41) is 2.56. The van der Waals surface area contributed by atoms with Crippen molar-refractivity contribution in [2.24, 2.45) is 5.92 Å². The lowest BCUT2D eigenvalue weighted by Crippen LogP contribution is -2.47. The molecule has 78 valence electrons. The largest absolute Gasteiger partial charge is 0.300 e. The van der Waals surface area contributed by atoms with E-state index < -0.39 is 18.3 Å². The average Bonchev–Trinajstić information content (AvgIpc) is 1.97. The molecular weight excluding hydrogens is 176 g/mol. The minimum atomic E-state index is -2.63. The Morgan fingerprint density at radius 3 is 1.85 bits per heavy atom. The molecule has 1 atom stereocenters. The highest BCUT2D eigenvalue weighted by Gasteiger charge is 2.29. The summed E-state index contributed by atoms with van der Waals surface area (Å²) in [5.41, 5.74) is 0. The van der Waals surface area contributed by atoms with Gasteiger partial charge in [0.05, 0.1) is 0 Å². The average molecular weight is 193 g/mol. The summed E-state index contributed by atoms with van der Waals surface area (Å²) in [5.74, 6) is -0.783. The third kappa shape index (κ3) is 4.31. The van der Waals surface area contributed by atoms with Gasteiger partial charge in [0, 0.05) is 12.0 Å². The van der Waals surface area contributed by atoms with E-state index in [0.717, 1.165) is 0 Å². The Labute approximate surface area is 77.7 Å². The molecule has 1 N–H and O–H groups in total. The van der Waals surface area contributed by atoms with E-state index in [1.807, 2.05) is 0 Å². The van der Waals surface area contributed by atoms with Gasteiger partial charge in [0.25, 0.3) is 6.43 Å². The molecule has 0 aliphatic rings. The van der Waals surface area contributed by atoms with Gasteiger partial charge in [0.15, 0.2) is 5.78 Å². The number of carbonyl (C=O) groups is 1. The molecule has 0 heterocycles. The maximum atomic E-state index is 12.4. The molecule has 0 radical (unpaired) electrons. The van der Waals surface area contributed by atoms with Crippen LogP contribution in [-0.4, -0.2) is 24.3 Å². The molecule has 4 heteroatoms. The second-order valence-corrected chi connectivity index (χ2v) is 3.69. The van der Waals surface area contributed by atoms with Gasteiger partial charge in [-0.25, -0.2) is 8.78 Å². The molecule has 0 aliphatic carbocycles. The molecular formula is C9H17F2NO. The molecule has 0 saturated heterocycles. The van der Waals surface area contributed by atoms with Crippen LogP contribution in [0.1, 0.15) is 27.7 Å². The molecule has 0 fully saturated rings. The van der Waals surface area contributed by atoms with Gasteiger partial charge in [-0.05, 0) is 0 Å². The van der Waals surface area contributed by atoms with E-state index in [9.17, 15) is 13.6 Å². The van der Waals surface area contributed by atoms with Gasteiger partial charge in [0.1, 0.15) is 6.04 Å². The predicted octanol–water partition coefficient (Wildman–Crippen LogP) is 1.84. The Hall–Kier alpha value is -0.510. The number of ketones is 1. The van der Waals surface area contributed by atoms with Crippen molar-refractivity contribution >= 4 is 5.78 Å². The van der Waals surface area contributed by atoms with Crippen molar-refractivity contribution in [1.29, 1.82) is 0 Å². The van der Waals surface area contributed by atoms with Crippen molar-refractivity contribution in [2.45, 2.75) is 46.2 Å². The summed E-state index contributed by atoms with van der Waals surface area (Å²) in [6.07, 6.45) is -2.63. The van der Waals surface area contributed by atoms with Crippen molar-refractivity contribution in [1.82, 2.24) is 5.32 Å². The van der Waals surface area contributed by atoms with Crippen LogP contribution < -0.4 is 5.32 Å². The first-order valence-corrected chi connectivity index (χ1v) is 4.44. The van der Waals surface area contributed by atoms with E-state index in [0.29, 0.717) is 0 Å². The lowest BCUT2D eigenvalue weighted by molar-refractivity contribution is -0.127. The van der Waals surface area contributed by atoms with Crippen LogP contribution in [0, 0.1) is 5.92 Å². The van der Waals surface area contributed by atoms with Gasteiger partial charge < -0.3 is 5.32 Å². The van der Waals surface area contributed by atoms with Crippen LogP contribution in [0.2, 0.25) is 0 Å². The highest BCUT2D eigenvalue weighted by molar-refractivity contribution is 5.86. The molecule has 13 heavy (non-hydrogen) atoms. The van der Waals surface area contributed by atoms with E-state index in [1.165, 1.54) is 0 Å². The number of rotatable bonds is 5. The Bertz CT molecular complexity index is 169. The number of alkyl halides is 2. The Morgan fingerprint density at radius 2 is 1.62 bits per heavy atom. The zero-order chi connectivity index (χ0) is 10.6. The molecule has 0 saturated carbocycles. The molecule has 0 aromatic rings. The molecule has 2 nitrogen and oxygen atoms in total. The van der Waals surface area contributed by atoms with E-state index in [1.54, 1.807) is 27.7 Å². The molecule has 1 unspecified atom stereocenters. The monoisotopic (exact) mass is 193 g/mol. The van der Waals surface area contributed by atoms with Gasteiger partial charge in [-0.3, -0.25) is 4.79 Å². The summed E-state index contributed by atoms with van der Waals surface area (Å²) in [7, 11) is 0. The predicted molar refractivity (Wildman–Crippen MR) is 47.9 cm³/mol. The second-order valence-electron chi connectivity index (χ2n) is 3.69. The van der Waals surface area contributed by atoms with Gasteiger partial charge in [-0.2, -0.15) is 0 Å². The van der Waals surface area contributed by atoms with Gasteiger partial charge in [-0.1, -0.05) is 27.7 Å². The molecule has 0 aromatic carbocycles. The third-order valence-corrected chi connectivity index (χ3v) is 1.64. The van der Waals surface area contributed by atoms with Crippen LogP contribution in [0.25, 0.3) is 0 Å². The van der Waals surface area contributed by atoms with Gasteiger partial charge in [-0.15, -0.1) is 0 Å². The number of Topliss-reactive ketones (excluding diaryl/α,β-unsaturated/α-hetero) is 1. The maximum Gasteiger partial charge on any atom is 0.260 e. The highest BCUT2D eigenvalue weighted by atomic mass is 19.3. The quantitative estimate of drug-likeness (QED) is 0.721. The first kappa shape index (κ1) is 12.5. The van der Waals surface area contributed by atoms with Crippen molar-refractivity contribution in [2.75, 3.05) is 0 Å². The fourth-order valence-electron chi connectivity index (χ4n) is 0.997.